The first kappa shape index (κ1) is 22.2. The molecule has 0 unspecified atom stereocenters. The zero-order valence-electron chi connectivity index (χ0n) is 15.6. The third kappa shape index (κ3) is 4.17. The van der Waals surface area contributed by atoms with Gasteiger partial charge in [-0.05, 0) is 73.1 Å². The van der Waals surface area contributed by atoms with Gasteiger partial charge in [-0.1, -0.05) is 0 Å². The van der Waals surface area contributed by atoms with Gasteiger partial charge in [-0.3, -0.25) is 4.79 Å². The molecule has 11 heteroatoms. The van der Waals surface area contributed by atoms with Crippen molar-refractivity contribution in [1.29, 1.82) is 0 Å². The minimum atomic E-state index is -4.51. The van der Waals surface area contributed by atoms with Crippen LogP contribution in [0.15, 0.2) is 46.2 Å². The van der Waals surface area contributed by atoms with Crippen LogP contribution in [-0.2, 0) is 21.2 Å². The van der Waals surface area contributed by atoms with Crippen LogP contribution in [0.2, 0.25) is 0 Å². The molecular weight excluding hydrogens is 446 g/mol. The molecule has 1 heterocycles. The first-order valence-electron chi connectivity index (χ1n) is 8.44. The van der Waals surface area contributed by atoms with Gasteiger partial charge in [0.25, 0.3) is 10.0 Å². The topological polar surface area (TPSA) is 76.4 Å². The lowest BCUT2D eigenvalue weighted by molar-refractivity contribution is -0.136. The van der Waals surface area contributed by atoms with E-state index in [-0.39, 0.29) is 49.3 Å². The molecule has 0 spiro atoms. The van der Waals surface area contributed by atoms with Gasteiger partial charge in [0, 0.05) is 16.0 Å². The number of halogens is 4. The van der Waals surface area contributed by atoms with Crippen LogP contribution in [0.3, 0.4) is 0 Å². The first-order chi connectivity index (χ1) is 13.8. The molecule has 3 rings (SSSR count). The zero-order valence-corrected chi connectivity index (χ0v) is 17.3. The van der Waals surface area contributed by atoms with Crippen molar-refractivity contribution in [3.63, 3.8) is 0 Å². The normalized spacial score (nSPS) is 12.5. The Hall–Kier alpha value is -2.53. The Labute approximate surface area is 173 Å². The quantitative estimate of drug-likeness (QED) is 0.433. The van der Waals surface area contributed by atoms with E-state index in [0.717, 1.165) is 34.3 Å². The zero-order chi connectivity index (χ0) is 22.4. The largest absolute Gasteiger partial charge is 0.481 e. The fourth-order valence-electron chi connectivity index (χ4n) is 3.18. The van der Waals surface area contributed by atoms with Gasteiger partial charge in [0.15, 0.2) is 0 Å². The molecule has 0 amide bonds. The van der Waals surface area contributed by atoms with Crippen molar-refractivity contribution in [3.8, 4) is 0 Å². The summed E-state index contributed by atoms with van der Waals surface area (Å²) in [6.45, 7) is 2.84. The van der Waals surface area contributed by atoms with Crippen LogP contribution in [0.25, 0.3) is 10.9 Å². The molecule has 0 aliphatic heterocycles. The second-order valence-electron chi connectivity index (χ2n) is 6.54. The number of aromatic nitrogens is 1. The Morgan fingerprint density at radius 1 is 1.13 bits per heavy atom. The molecule has 5 nitrogen and oxygen atoms in total. The third-order valence-electron chi connectivity index (χ3n) is 4.49. The number of nitrogens with zero attached hydrogens (tertiary/aromatic N) is 1. The SMILES string of the molecule is Cc1cc2c(cc1F)c(CC(=O)O)c(C)n2S(=O)(=O)c1ccc(SC(F)(F)F)cc1. The maximum absolute atomic E-state index is 14.1. The molecule has 0 aliphatic carbocycles. The Balaban J connectivity index is 2.21. The Morgan fingerprint density at radius 2 is 1.73 bits per heavy atom. The molecule has 2 aromatic carbocycles. The smallest absolute Gasteiger partial charge is 0.446 e. The van der Waals surface area contributed by atoms with Gasteiger partial charge in [0.1, 0.15) is 5.82 Å². The fourth-order valence-corrected chi connectivity index (χ4v) is 5.29. The van der Waals surface area contributed by atoms with Crippen molar-refractivity contribution in [2.75, 3.05) is 0 Å². The summed E-state index contributed by atoms with van der Waals surface area (Å²) in [7, 11) is -4.29. The van der Waals surface area contributed by atoms with Crippen LogP contribution in [-0.4, -0.2) is 29.0 Å². The van der Waals surface area contributed by atoms with E-state index in [2.05, 4.69) is 0 Å². The number of benzene rings is 2. The summed E-state index contributed by atoms with van der Waals surface area (Å²) in [5.41, 5.74) is -4.02. The number of alkyl halides is 3. The molecule has 0 atom stereocenters. The Bertz CT molecular complexity index is 1250. The number of hydrogen-bond donors (Lipinski definition) is 1. The van der Waals surface area contributed by atoms with Gasteiger partial charge in [0.05, 0.1) is 16.8 Å². The minimum Gasteiger partial charge on any atom is -0.481 e. The molecule has 1 N–H and O–H groups in total. The lowest BCUT2D eigenvalue weighted by atomic mass is 10.1. The number of aliphatic carboxylic acids is 1. The van der Waals surface area contributed by atoms with E-state index >= 15 is 0 Å². The van der Waals surface area contributed by atoms with E-state index in [1.165, 1.54) is 19.9 Å². The van der Waals surface area contributed by atoms with Gasteiger partial charge in [-0.25, -0.2) is 16.8 Å². The lowest BCUT2D eigenvalue weighted by Crippen LogP contribution is -2.15. The molecule has 160 valence electrons. The highest BCUT2D eigenvalue weighted by Gasteiger charge is 2.30. The van der Waals surface area contributed by atoms with Gasteiger partial charge in [-0.15, -0.1) is 0 Å². The van der Waals surface area contributed by atoms with Gasteiger partial charge in [0.2, 0.25) is 0 Å². The number of rotatable bonds is 5. The fraction of sp³-hybridized carbons (Fsp3) is 0.211. The summed E-state index contributed by atoms with van der Waals surface area (Å²) >= 11 is -0.372. The van der Waals surface area contributed by atoms with Gasteiger partial charge >= 0.3 is 11.5 Å². The van der Waals surface area contributed by atoms with Crippen LogP contribution in [0.5, 0.6) is 0 Å². The number of aryl methyl sites for hydroxylation is 1. The van der Waals surface area contributed by atoms with Crippen molar-refractivity contribution in [1.82, 2.24) is 3.97 Å². The van der Waals surface area contributed by atoms with Crippen LogP contribution < -0.4 is 0 Å². The van der Waals surface area contributed by atoms with Crippen LogP contribution in [0.1, 0.15) is 16.8 Å². The number of fused-ring (bicyclic) bond motifs is 1. The van der Waals surface area contributed by atoms with E-state index < -0.39 is 33.7 Å². The van der Waals surface area contributed by atoms with Crippen molar-refractivity contribution in [3.05, 3.63) is 59.0 Å². The molecule has 0 fully saturated rings. The van der Waals surface area contributed by atoms with E-state index in [9.17, 15) is 35.9 Å². The van der Waals surface area contributed by atoms with Crippen molar-refractivity contribution in [2.45, 2.75) is 35.6 Å². The molecule has 0 aliphatic rings. The number of thioether (sulfide) groups is 1. The summed E-state index contributed by atoms with van der Waals surface area (Å²) in [6, 6.07) is 6.55. The Kier molecular flexibility index (Phi) is 5.63. The second kappa shape index (κ2) is 7.62. The van der Waals surface area contributed by atoms with Gasteiger partial charge < -0.3 is 5.11 Å². The number of carboxylic acid groups (broad SMARTS) is 1. The highest BCUT2D eigenvalue weighted by atomic mass is 32.2. The van der Waals surface area contributed by atoms with Gasteiger partial charge in [-0.2, -0.15) is 13.2 Å². The molecule has 1 aromatic heterocycles. The van der Waals surface area contributed by atoms with Crippen molar-refractivity contribution >= 4 is 38.7 Å². The third-order valence-corrected chi connectivity index (χ3v) is 7.04. The predicted octanol–water partition coefficient (Wildman–Crippen LogP) is 4.87. The number of carboxylic acids is 1. The summed E-state index contributed by atoms with van der Waals surface area (Å²) < 4.78 is 79.0. The summed E-state index contributed by atoms with van der Waals surface area (Å²) in [5, 5.41) is 9.32. The molecule has 3 aromatic rings. The average Bonchev–Trinajstić information content (AvgIpc) is 2.86. The summed E-state index contributed by atoms with van der Waals surface area (Å²) in [6.07, 6.45) is -0.519. The standard InChI is InChI=1S/C19H15F4NO4S2/c1-10-7-17-15(8-16(10)20)14(9-18(25)26)11(2)24(17)30(27,28)13-5-3-12(4-6-13)29-19(21,22)23/h3-8H,9H2,1-2H3,(H,25,26). The Morgan fingerprint density at radius 3 is 2.27 bits per heavy atom. The molecule has 0 bridgehead atoms. The highest BCUT2D eigenvalue weighted by molar-refractivity contribution is 8.00. The van der Waals surface area contributed by atoms with E-state index in [1.54, 1.807) is 0 Å². The average molecular weight is 461 g/mol. The van der Waals surface area contributed by atoms with E-state index in [4.69, 9.17) is 0 Å². The van der Waals surface area contributed by atoms with Crippen molar-refractivity contribution < 1.29 is 35.9 Å². The highest BCUT2D eigenvalue weighted by Crippen LogP contribution is 2.37. The molecule has 0 saturated carbocycles. The first-order valence-corrected chi connectivity index (χ1v) is 10.7. The van der Waals surface area contributed by atoms with Crippen LogP contribution in [0.4, 0.5) is 17.6 Å². The van der Waals surface area contributed by atoms with Crippen molar-refractivity contribution in [2.24, 2.45) is 0 Å². The minimum absolute atomic E-state index is 0.0890. The predicted molar refractivity (Wildman–Crippen MR) is 104 cm³/mol. The molecule has 0 radical (unpaired) electrons. The molecule has 0 saturated heterocycles. The monoisotopic (exact) mass is 461 g/mol. The van der Waals surface area contributed by atoms with Crippen LogP contribution in [0, 0.1) is 19.7 Å². The summed E-state index contributed by atoms with van der Waals surface area (Å²) in [5.74, 6) is -1.83. The molecule has 30 heavy (non-hydrogen) atoms. The molecular formula is C19H15F4NO4S2. The summed E-state index contributed by atoms with van der Waals surface area (Å²) in [4.78, 5) is 10.8. The van der Waals surface area contributed by atoms with E-state index in [0.29, 0.717) is 0 Å². The number of carbonyl (C=O) groups is 1. The number of hydrogen-bond acceptors (Lipinski definition) is 4. The maximum atomic E-state index is 14.1. The maximum Gasteiger partial charge on any atom is 0.446 e. The second-order valence-corrected chi connectivity index (χ2v) is 9.47. The lowest BCUT2D eigenvalue weighted by Gasteiger charge is -2.12. The van der Waals surface area contributed by atoms with E-state index in [1.807, 2.05) is 0 Å². The van der Waals surface area contributed by atoms with Crippen LogP contribution >= 0.6 is 11.8 Å².